The molecule has 1 amide bonds. The van der Waals surface area contributed by atoms with Crippen LogP contribution in [-0.4, -0.2) is 22.6 Å². The van der Waals surface area contributed by atoms with Crippen LogP contribution in [0.5, 0.6) is 0 Å². The van der Waals surface area contributed by atoms with Crippen molar-refractivity contribution in [3.05, 3.63) is 60.2 Å². The SMILES string of the molecule is O=C(NCCc1cccnc1)c1cc(-c2ccco2)on1. The van der Waals surface area contributed by atoms with Crippen molar-refractivity contribution >= 4 is 5.91 Å². The van der Waals surface area contributed by atoms with Gasteiger partial charge >= 0.3 is 0 Å². The van der Waals surface area contributed by atoms with Gasteiger partial charge in [0.2, 0.25) is 5.76 Å². The second-order valence-electron chi connectivity index (χ2n) is 4.42. The van der Waals surface area contributed by atoms with E-state index in [1.807, 2.05) is 12.1 Å². The lowest BCUT2D eigenvalue weighted by molar-refractivity contribution is 0.0945. The Labute approximate surface area is 120 Å². The summed E-state index contributed by atoms with van der Waals surface area (Å²) in [6.07, 6.45) is 5.73. The summed E-state index contributed by atoms with van der Waals surface area (Å²) in [4.78, 5) is 16.0. The highest BCUT2D eigenvalue weighted by atomic mass is 16.5. The minimum absolute atomic E-state index is 0.229. The predicted molar refractivity (Wildman–Crippen MR) is 74.5 cm³/mol. The number of nitrogens with one attached hydrogen (secondary N) is 1. The van der Waals surface area contributed by atoms with Crippen LogP contribution in [0.3, 0.4) is 0 Å². The second-order valence-corrected chi connectivity index (χ2v) is 4.42. The first kappa shape index (κ1) is 13.1. The number of carbonyl (C=O) groups excluding carboxylic acids is 1. The van der Waals surface area contributed by atoms with Crippen LogP contribution in [0.15, 0.2) is 57.9 Å². The van der Waals surface area contributed by atoms with Gasteiger partial charge in [0.1, 0.15) is 0 Å². The zero-order valence-corrected chi connectivity index (χ0v) is 11.2. The summed E-state index contributed by atoms with van der Waals surface area (Å²) in [6, 6.07) is 8.86. The number of nitrogens with zero attached hydrogens (tertiary/aromatic N) is 2. The van der Waals surface area contributed by atoms with E-state index in [0.29, 0.717) is 24.5 Å². The highest BCUT2D eigenvalue weighted by Gasteiger charge is 2.14. The van der Waals surface area contributed by atoms with E-state index in [1.165, 1.54) is 6.26 Å². The van der Waals surface area contributed by atoms with Gasteiger partial charge in [0.25, 0.3) is 5.91 Å². The fraction of sp³-hybridized carbons (Fsp3) is 0.133. The average Bonchev–Trinajstić information content (AvgIpc) is 3.19. The molecule has 0 atom stereocenters. The molecule has 1 N–H and O–H groups in total. The molecule has 0 aliphatic carbocycles. The van der Waals surface area contributed by atoms with Crippen LogP contribution in [0, 0.1) is 0 Å². The Morgan fingerprint density at radius 1 is 1.24 bits per heavy atom. The van der Waals surface area contributed by atoms with Gasteiger partial charge in [-0.15, -0.1) is 0 Å². The third kappa shape index (κ3) is 3.17. The molecule has 6 nitrogen and oxygen atoms in total. The van der Waals surface area contributed by atoms with Gasteiger partial charge in [0, 0.05) is 25.0 Å². The molecule has 0 aliphatic heterocycles. The lowest BCUT2D eigenvalue weighted by Crippen LogP contribution is -2.25. The van der Waals surface area contributed by atoms with Crippen molar-refractivity contribution in [1.29, 1.82) is 0 Å². The average molecular weight is 283 g/mol. The third-order valence-electron chi connectivity index (χ3n) is 2.93. The van der Waals surface area contributed by atoms with Crippen LogP contribution >= 0.6 is 0 Å². The highest BCUT2D eigenvalue weighted by Crippen LogP contribution is 2.20. The number of furan rings is 1. The summed E-state index contributed by atoms with van der Waals surface area (Å²) in [5, 5.41) is 6.52. The molecular formula is C15H13N3O3. The maximum absolute atomic E-state index is 11.9. The minimum atomic E-state index is -0.277. The molecule has 0 aliphatic rings. The van der Waals surface area contributed by atoms with E-state index in [4.69, 9.17) is 8.94 Å². The molecule has 3 aromatic heterocycles. The van der Waals surface area contributed by atoms with Crippen molar-refractivity contribution in [3.63, 3.8) is 0 Å². The molecular weight excluding hydrogens is 270 g/mol. The molecule has 0 saturated heterocycles. The van der Waals surface area contributed by atoms with Crippen molar-refractivity contribution in [2.24, 2.45) is 0 Å². The molecule has 3 aromatic rings. The van der Waals surface area contributed by atoms with E-state index in [2.05, 4.69) is 15.5 Å². The second kappa shape index (κ2) is 6.04. The number of amides is 1. The van der Waals surface area contributed by atoms with Gasteiger partial charge < -0.3 is 14.3 Å². The standard InChI is InChI=1S/C15H13N3O3/c19-15(17-7-5-11-3-1-6-16-10-11)12-9-14(21-18-12)13-4-2-8-20-13/h1-4,6,8-10H,5,7H2,(H,17,19). The van der Waals surface area contributed by atoms with E-state index in [1.54, 1.807) is 30.6 Å². The van der Waals surface area contributed by atoms with Gasteiger partial charge in [-0.2, -0.15) is 0 Å². The quantitative estimate of drug-likeness (QED) is 0.777. The fourth-order valence-electron chi connectivity index (χ4n) is 1.87. The molecule has 0 aromatic carbocycles. The van der Waals surface area contributed by atoms with Crippen molar-refractivity contribution in [3.8, 4) is 11.5 Å². The lowest BCUT2D eigenvalue weighted by Gasteiger charge is -2.02. The Morgan fingerprint density at radius 2 is 2.19 bits per heavy atom. The van der Waals surface area contributed by atoms with Gasteiger partial charge in [0.15, 0.2) is 11.5 Å². The van der Waals surface area contributed by atoms with E-state index in [9.17, 15) is 4.79 Å². The zero-order valence-electron chi connectivity index (χ0n) is 11.2. The summed E-state index contributed by atoms with van der Waals surface area (Å²) in [7, 11) is 0. The Morgan fingerprint density at radius 3 is 2.95 bits per heavy atom. The summed E-state index contributed by atoms with van der Waals surface area (Å²) in [5.41, 5.74) is 1.29. The van der Waals surface area contributed by atoms with Crippen LogP contribution in [0.1, 0.15) is 16.1 Å². The van der Waals surface area contributed by atoms with E-state index in [-0.39, 0.29) is 11.6 Å². The number of aromatic nitrogens is 2. The molecule has 3 heterocycles. The molecule has 3 rings (SSSR count). The van der Waals surface area contributed by atoms with Crippen molar-refractivity contribution < 1.29 is 13.7 Å². The number of carbonyl (C=O) groups is 1. The number of hydrogen-bond acceptors (Lipinski definition) is 5. The Kier molecular flexibility index (Phi) is 3.77. The topological polar surface area (TPSA) is 81.2 Å². The van der Waals surface area contributed by atoms with Crippen molar-refractivity contribution in [1.82, 2.24) is 15.5 Å². The first-order chi connectivity index (χ1) is 10.3. The van der Waals surface area contributed by atoms with Crippen LogP contribution in [0.2, 0.25) is 0 Å². The van der Waals surface area contributed by atoms with Gasteiger partial charge in [0.05, 0.1) is 6.26 Å². The molecule has 106 valence electrons. The smallest absolute Gasteiger partial charge is 0.273 e. The normalized spacial score (nSPS) is 10.5. The molecule has 0 spiro atoms. The van der Waals surface area contributed by atoms with Crippen LogP contribution in [0.25, 0.3) is 11.5 Å². The number of pyridine rings is 1. The van der Waals surface area contributed by atoms with Crippen molar-refractivity contribution in [2.75, 3.05) is 6.54 Å². The Hall–Kier alpha value is -2.89. The largest absolute Gasteiger partial charge is 0.461 e. The Balaban J connectivity index is 1.56. The van der Waals surface area contributed by atoms with Crippen LogP contribution in [-0.2, 0) is 6.42 Å². The predicted octanol–water partition coefficient (Wildman–Crippen LogP) is 2.30. The van der Waals surface area contributed by atoms with Gasteiger partial charge in [-0.25, -0.2) is 0 Å². The molecule has 21 heavy (non-hydrogen) atoms. The van der Waals surface area contributed by atoms with Gasteiger partial charge in [-0.1, -0.05) is 11.2 Å². The van der Waals surface area contributed by atoms with E-state index in [0.717, 1.165) is 5.56 Å². The number of hydrogen-bond donors (Lipinski definition) is 1. The first-order valence-corrected chi connectivity index (χ1v) is 6.50. The van der Waals surface area contributed by atoms with Crippen molar-refractivity contribution in [2.45, 2.75) is 6.42 Å². The Bertz CT molecular complexity index is 705. The zero-order chi connectivity index (χ0) is 14.5. The summed E-state index contributed by atoms with van der Waals surface area (Å²) in [5.74, 6) is 0.690. The summed E-state index contributed by atoms with van der Waals surface area (Å²) < 4.78 is 10.3. The lowest BCUT2D eigenvalue weighted by atomic mass is 10.2. The molecule has 0 bridgehead atoms. The molecule has 6 heteroatoms. The summed E-state index contributed by atoms with van der Waals surface area (Å²) >= 11 is 0. The van der Waals surface area contributed by atoms with Gasteiger partial charge in [-0.3, -0.25) is 9.78 Å². The van der Waals surface area contributed by atoms with Gasteiger partial charge in [-0.05, 0) is 30.2 Å². The van der Waals surface area contributed by atoms with E-state index >= 15 is 0 Å². The molecule has 0 saturated carbocycles. The molecule has 0 unspecified atom stereocenters. The fourth-order valence-corrected chi connectivity index (χ4v) is 1.87. The monoisotopic (exact) mass is 283 g/mol. The highest BCUT2D eigenvalue weighted by molar-refractivity contribution is 5.92. The summed E-state index contributed by atoms with van der Waals surface area (Å²) in [6.45, 7) is 0.507. The van der Waals surface area contributed by atoms with Crippen LogP contribution in [0.4, 0.5) is 0 Å². The first-order valence-electron chi connectivity index (χ1n) is 6.50. The minimum Gasteiger partial charge on any atom is -0.461 e. The maximum Gasteiger partial charge on any atom is 0.273 e. The number of rotatable bonds is 5. The maximum atomic E-state index is 11.9. The van der Waals surface area contributed by atoms with E-state index < -0.39 is 0 Å². The molecule has 0 radical (unpaired) electrons. The van der Waals surface area contributed by atoms with Crippen LogP contribution < -0.4 is 5.32 Å². The third-order valence-corrected chi connectivity index (χ3v) is 2.93. The molecule has 0 fully saturated rings.